The third-order valence-corrected chi connectivity index (χ3v) is 7.08. The number of imide groups is 1. The molecule has 0 bridgehead atoms. The standard InChI is InChI=1S/C29H30N4O3/c1-18-5-6-19(2)26(15-18)33-28(35)23-9-7-21(17-24(23)29(33)36)27(34)30-25-10-8-22(16-20(25)3)32-13-11-31(4)12-14-32/h5-10,15-17H,11-14H2,1-4H3,(H,30,34). The number of carbonyl (C=O) groups excluding carboxylic acids is 3. The van der Waals surface area contributed by atoms with Gasteiger partial charge < -0.3 is 15.1 Å². The fraction of sp³-hybridized carbons (Fsp3) is 0.276. The highest BCUT2D eigenvalue weighted by molar-refractivity contribution is 6.35. The molecule has 0 radical (unpaired) electrons. The van der Waals surface area contributed by atoms with Gasteiger partial charge >= 0.3 is 0 Å². The van der Waals surface area contributed by atoms with E-state index < -0.39 is 5.91 Å². The summed E-state index contributed by atoms with van der Waals surface area (Å²) in [6.07, 6.45) is 0. The number of hydrogen-bond acceptors (Lipinski definition) is 5. The van der Waals surface area contributed by atoms with Crippen LogP contribution in [0.1, 0.15) is 47.8 Å². The number of nitrogens with zero attached hydrogens (tertiary/aromatic N) is 3. The van der Waals surface area contributed by atoms with Gasteiger partial charge in [0.1, 0.15) is 0 Å². The number of carbonyl (C=O) groups is 3. The van der Waals surface area contributed by atoms with Gasteiger partial charge in [0.2, 0.25) is 0 Å². The second-order valence-electron chi connectivity index (χ2n) is 9.74. The number of anilines is 3. The van der Waals surface area contributed by atoms with Crippen molar-refractivity contribution in [2.45, 2.75) is 20.8 Å². The molecule has 0 atom stereocenters. The highest BCUT2D eigenvalue weighted by atomic mass is 16.2. The predicted molar refractivity (Wildman–Crippen MR) is 142 cm³/mol. The van der Waals surface area contributed by atoms with Gasteiger partial charge in [0.15, 0.2) is 0 Å². The number of nitrogens with one attached hydrogen (secondary N) is 1. The molecular formula is C29H30N4O3. The molecule has 2 aliphatic heterocycles. The first-order chi connectivity index (χ1) is 17.2. The molecule has 1 saturated heterocycles. The Hall–Kier alpha value is -3.97. The van der Waals surface area contributed by atoms with E-state index in [1.165, 1.54) is 11.0 Å². The summed E-state index contributed by atoms with van der Waals surface area (Å²) in [7, 11) is 2.13. The van der Waals surface area contributed by atoms with Crippen LogP contribution in [0.2, 0.25) is 0 Å². The lowest BCUT2D eigenvalue weighted by atomic mass is 10.0. The number of aryl methyl sites for hydroxylation is 3. The van der Waals surface area contributed by atoms with Crippen molar-refractivity contribution in [3.8, 4) is 0 Å². The van der Waals surface area contributed by atoms with Crippen molar-refractivity contribution in [1.29, 1.82) is 0 Å². The van der Waals surface area contributed by atoms with Crippen LogP contribution in [0.15, 0.2) is 54.6 Å². The summed E-state index contributed by atoms with van der Waals surface area (Å²) in [5.74, 6) is -1.10. The largest absolute Gasteiger partial charge is 0.369 e. The first kappa shape index (κ1) is 23.8. The molecule has 184 valence electrons. The fourth-order valence-electron chi connectivity index (χ4n) is 4.81. The molecule has 2 aliphatic rings. The van der Waals surface area contributed by atoms with Crippen molar-refractivity contribution in [3.05, 3.63) is 88.0 Å². The van der Waals surface area contributed by atoms with Crippen LogP contribution in [0, 0.1) is 20.8 Å². The third-order valence-electron chi connectivity index (χ3n) is 7.08. The summed E-state index contributed by atoms with van der Waals surface area (Å²) in [4.78, 5) is 45.3. The van der Waals surface area contributed by atoms with E-state index in [1.807, 2.05) is 51.1 Å². The molecule has 0 unspecified atom stereocenters. The minimum atomic E-state index is -0.411. The average Bonchev–Trinajstić information content (AvgIpc) is 3.11. The second kappa shape index (κ2) is 9.24. The molecule has 1 fully saturated rings. The molecular weight excluding hydrogens is 452 g/mol. The average molecular weight is 483 g/mol. The van der Waals surface area contributed by atoms with Crippen LogP contribution in [-0.2, 0) is 0 Å². The molecule has 1 N–H and O–H groups in total. The van der Waals surface area contributed by atoms with Crippen molar-refractivity contribution in [2.75, 3.05) is 48.3 Å². The number of amides is 3. The zero-order valence-corrected chi connectivity index (χ0v) is 21.1. The number of piperazine rings is 1. The minimum Gasteiger partial charge on any atom is -0.369 e. The summed E-state index contributed by atoms with van der Waals surface area (Å²) < 4.78 is 0. The number of rotatable bonds is 4. The van der Waals surface area contributed by atoms with Gasteiger partial charge in [0, 0.05) is 43.1 Å². The second-order valence-corrected chi connectivity index (χ2v) is 9.74. The van der Waals surface area contributed by atoms with E-state index in [9.17, 15) is 14.4 Å². The van der Waals surface area contributed by atoms with Gasteiger partial charge in [0.25, 0.3) is 17.7 Å². The van der Waals surface area contributed by atoms with Crippen LogP contribution < -0.4 is 15.1 Å². The number of likely N-dealkylation sites (N-methyl/N-ethyl adjacent to an activating group) is 1. The Morgan fingerprint density at radius 3 is 2.22 bits per heavy atom. The Morgan fingerprint density at radius 1 is 0.778 bits per heavy atom. The molecule has 5 rings (SSSR count). The first-order valence-corrected chi connectivity index (χ1v) is 12.2. The van der Waals surface area contributed by atoms with Crippen LogP contribution >= 0.6 is 0 Å². The zero-order valence-electron chi connectivity index (χ0n) is 21.1. The lowest BCUT2D eigenvalue weighted by Crippen LogP contribution is -2.44. The molecule has 0 spiro atoms. The van der Waals surface area contributed by atoms with Gasteiger partial charge in [-0.1, -0.05) is 12.1 Å². The summed E-state index contributed by atoms with van der Waals surface area (Å²) in [5.41, 5.74) is 6.09. The first-order valence-electron chi connectivity index (χ1n) is 12.2. The smallest absolute Gasteiger partial charge is 0.266 e. The van der Waals surface area contributed by atoms with E-state index >= 15 is 0 Å². The molecule has 3 aromatic carbocycles. The van der Waals surface area contributed by atoms with E-state index in [0.29, 0.717) is 16.8 Å². The van der Waals surface area contributed by atoms with Gasteiger partial charge in [-0.2, -0.15) is 0 Å². The topological polar surface area (TPSA) is 73.0 Å². The van der Waals surface area contributed by atoms with Crippen molar-refractivity contribution < 1.29 is 14.4 Å². The predicted octanol–water partition coefficient (Wildman–Crippen LogP) is 4.42. The minimum absolute atomic E-state index is 0.246. The van der Waals surface area contributed by atoms with E-state index in [2.05, 4.69) is 28.2 Å². The van der Waals surface area contributed by atoms with Crippen LogP contribution in [-0.4, -0.2) is 55.8 Å². The Balaban J connectivity index is 1.35. The van der Waals surface area contributed by atoms with E-state index in [-0.39, 0.29) is 17.4 Å². The Morgan fingerprint density at radius 2 is 1.50 bits per heavy atom. The van der Waals surface area contributed by atoms with Crippen LogP contribution in [0.25, 0.3) is 0 Å². The van der Waals surface area contributed by atoms with Gasteiger partial charge in [-0.05, 0) is 87.0 Å². The maximum Gasteiger partial charge on any atom is 0.266 e. The zero-order chi connectivity index (χ0) is 25.6. The van der Waals surface area contributed by atoms with Gasteiger partial charge in [-0.15, -0.1) is 0 Å². The van der Waals surface area contributed by atoms with Crippen LogP contribution in [0.5, 0.6) is 0 Å². The molecule has 0 saturated carbocycles. The quantitative estimate of drug-likeness (QED) is 0.558. The molecule has 3 amide bonds. The van der Waals surface area contributed by atoms with Gasteiger partial charge in [-0.25, -0.2) is 4.90 Å². The molecule has 36 heavy (non-hydrogen) atoms. The van der Waals surface area contributed by atoms with Crippen molar-refractivity contribution in [2.24, 2.45) is 0 Å². The number of benzene rings is 3. The maximum absolute atomic E-state index is 13.2. The Bertz CT molecular complexity index is 1390. The van der Waals surface area contributed by atoms with Crippen molar-refractivity contribution in [3.63, 3.8) is 0 Å². The van der Waals surface area contributed by atoms with Crippen molar-refractivity contribution >= 4 is 34.8 Å². The van der Waals surface area contributed by atoms with Crippen molar-refractivity contribution in [1.82, 2.24) is 4.90 Å². The van der Waals surface area contributed by atoms with E-state index in [4.69, 9.17) is 0 Å². The fourth-order valence-corrected chi connectivity index (χ4v) is 4.81. The number of fused-ring (bicyclic) bond motifs is 1. The molecule has 7 nitrogen and oxygen atoms in total. The maximum atomic E-state index is 13.2. The van der Waals surface area contributed by atoms with E-state index in [1.54, 1.807) is 12.1 Å². The van der Waals surface area contributed by atoms with Crippen LogP contribution in [0.3, 0.4) is 0 Å². The molecule has 7 heteroatoms. The third kappa shape index (κ3) is 4.27. The van der Waals surface area contributed by atoms with Gasteiger partial charge in [-0.3, -0.25) is 14.4 Å². The normalized spacial score (nSPS) is 15.9. The molecule has 3 aromatic rings. The molecule has 2 heterocycles. The Labute approximate surface area is 211 Å². The molecule has 0 aromatic heterocycles. The van der Waals surface area contributed by atoms with E-state index in [0.717, 1.165) is 54.2 Å². The highest BCUT2D eigenvalue weighted by Gasteiger charge is 2.37. The lowest BCUT2D eigenvalue weighted by Gasteiger charge is -2.34. The van der Waals surface area contributed by atoms with Crippen LogP contribution in [0.4, 0.5) is 17.1 Å². The lowest BCUT2D eigenvalue weighted by molar-refractivity contribution is 0.0925. The number of hydrogen-bond donors (Lipinski definition) is 1. The summed E-state index contributed by atoms with van der Waals surface area (Å²) in [5, 5.41) is 2.96. The highest BCUT2D eigenvalue weighted by Crippen LogP contribution is 2.32. The van der Waals surface area contributed by atoms with Gasteiger partial charge in [0.05, 0.1) is 16.8 Å². The SMILES string of the molecule is Cc1ccc(C)c(N2C(=O)c3ccc(C(=O)Nc4ccc(N5CCN(C)CC5)cc4C)cc3C2=O)c1. The monoisotopic (exact) mass is 482 g/mol. The summed E-state index contributed by atoms with van der Waals surface area (Å²) in [6.45, 7) is 9.76. The molecule has 0 aliphatic carbocycles. The summed E-state index contributed by atoms with van der Waals surface area (Å²) >= 11 is 0. The summed E-state index contributed by atoms with van der Waals surface area (Å²) in [6, 6.07) is 16.4. The Kier molecular flexibility index (Phi) is 6.10.